The van der Waals surface area contributed by atoms with Crippen molar-refractivity contribution in [2.75, 3.05) is 39.6 Å². The van der Waals surface area contributed by atoms with Gasteiger partial charge in [0.15, 0.2) is 0 Å². The maximum Gasteiger partial charge on any atom is 0.407 e. The van der Waals surface area contributed by atoms with Gasteiger partial charge in [0.1, 0.15) is 11.4 Å². The lowest BCUT2D eigenvalue weighted by Gasteiger charge is -2.34. The molecule has 1 aliphatic rings. The lowest BCUT2D eigenvalue weighted by Crippen LogP contribution is -2.46. The highest BCUT2D eigenvalue weighted by Gasteiger charge is 2.30. The van der Waals surface area contributed by atoms with E-state index in [1.54, 1.807) is 26.5 Å². The Hall–Kier alpha value is -4.64. The van der Waals surface area contributed by atoms with Crippen molar-refractivity contribution in [3.05, 3.63) is 72.2 Å². The Balaban J connectivity index is 1.32. The van der Waals surface area contributed by atoms with E-state index in [0.717, 1.165) is 53.4 Å². The maximum absolute atomic E-state index is 13.9. The smallest absolute Gasteiger partial charge is 0.407 e. The van der Waals surface area contributed by atoms with Crippen LogP contribution in [0.3, 0.4) is 0 Å². The van der Waals surface area contributed by atoms with E-state index in [9.17, 15) is 9.59 Å². The van der Waals surface area contributed by atoms with Crippen LogP contribution in [-0.2, 0) is 27.2 Å². The quantitative estimate of drug-likeness (QED) is 0.179. The van der Waals surface area contributed by atoms with Crippen molar-refractivity contribution in [3.8, 4) is 17.0 Å². The molecule has 11 nitrogen and oxygen atoms in total. The van der Waals surface area contributed by atoms with Crippen molar-refractivity contribution in [2.45, 2.75) is 77.0 Å². The average molecular weight is 657 g/mol. The largest absolute Gasteiger partial charge is 0.481 e. The van der Waals surface area contributed by atoms with Crippen molar-refractivity contribution in [3.63, 3.8) is 0 Å². The fraction of sp³-hybridized carbons (Fsp3) is 0.459. The van der Waals surface area contributed by atoms with Crippen molar-refractivity contribution < 1.29 is 23.8 Å². The molecule has 2 amide bonds. The zero-order valence-corrected chi connectivity index (χ0v) is 28.7. The van der Waals surface area contributed by atoms with Gasteiger partial charge in [-0.15, -0.1) is 0 Å². The van der Waals surface area contributed by atoms with Gasteiger partial charge < -0.3 is 34.7 Å². The first kappa shape index (κ1) is 34.7. The zero-order valence-electron chi connectivity index (χ0n) is 28.7. The lowest BCUT2D eigenvalue weighted by atomic mass is 9.93. The first-order valence-electron chi connectivity index (χ1n) is 16.6. The SMILES string of the molecule is COCCCn1c(C2CCCN(C(=O)CC(Cc3ccc(-c4ccc(N)nc4)cc3)NC(=O)OC(C)(C)C)C2)cc2cnc(OC)cc21. The number of fused-ring (bicyclic) bond motifs is 1. The second-order valence-electron chi connectivity index (χ2n) is 13.5. The van der Waals surface area contributed by atoms with Gasteiger partial charge in [-0.25, -0.2) is 14.8 Å². The summed E-state index contributed by atoms with van der Waals surface area (Å²) < 4.78 is 18.7. The molecule has 48 heavy (non-hydrogen) atoms. The van der Waals surface area contributed by atoms with E-state index >= 15 is 0 Å². The van der Waals surface area contributed by atoms with E-state index in [1.807, 2.05) is 68.3 Å². The zero-order chi connectivity index (χ0) is 34.3. The minimum atomic E-state index is -0.658. The van der Waals surface area contributed by atoms with Crippen LogP contribution in [0.2, 0.25) is 0 Å². The predicted octanol–water partition coefficient (Wildman–Crippen LogP) is 5.96. The molecule has 3 aromatic heterocycles. The van der Waals surface area contributed by atoms with Crippen molar-refractivity contribution in [1.82, 2.24) is 24.8 Å². The van der Waals surface area contributed by atoms with Crippen molar-refractivity contribution in [2.24, 2.45) is 0 Å². The number of rotatable bonds is 12. The Kier molecular flexibility index (Phi) is 11.2. The van der Waals surface area contributed by atoms with E-state index in [0.29, 0.717) is 37.8 Å². The van der Waals surface area contributed by atoms with Crippen molar-refractivity contribution >= 4 is 28.7 Å². The van der Waals surface area contributed by atoms with Crippen LogP contribution in [0.25, 0.3) is 22.0 Å². The van der Waals surface area contributed by atoms with Crippen LogP contribution in [-0.4, -0.2) is 77.0 Å². The number of carbonyl (C=O) groups excluding carboxylic acids is 2. The Morgan fingerprint density at radius 3 is 2.50 bits per heavy atom. The normalized spacial score (nSPS) is 15.7. The first-order chi connectivity index (χ1) is 23.0. The summed E-state index contributed by atoms with van der Waals surface area (Å²) in [5, 5.41) is 4.03. The van der Waals surface area contributed by atoms with Gasteiger partial charge in [-0.3, -0.25) is 4.79 Å². The molecule has 5 rings (SSSR count). The number of aryl methyl sites for hydroxylation is 1. The molecule has 2 unspecified atom stereocenters. The Morgan fingerprint density at radius 1 is 1.04 bits per heavy atom. The summed E-state index contributed by atoms with van der Waals surface area (Å²) in [5.41, 5.74) is 10.3. The van der Waals surface area contributed by atoms with Gasteiger partial charge in [0.25, 0.3) is 0 Å². The molecule has 1 aliphatic heterocycles. The van der Waals surface area contributed by atoms with E-state index in [1.165, 1.54) is 5.69 Å². The number of piperidine rings is 1. The van der Waals surface area contributed by atoms with Gasteiger partial charge in [0.05, 0.1) is 12.6 Å². The fourth-order valence-corrected chi connectivity index (χ4v) is 6.35. The summed E-state index contributed by atoms with van der Waals surface area (Å²) >= 11 is 0. The van der Waals surface area contributed by atoms with Gasteiger partial charge in [-0.1, -0.05) is 24.3 Å². The summed E-state index contributed by atoms with van der Waals surface area (Å²) in [7, 11) is 3.34. The number of nitrogens with zero attached hydrogens (tertiary/aromatic N) is 4. The van der Waals surface area contributed by atoms with Gasteiger partial charge in [0, 0.05) is 86.8 Å². The van der Waals surface area contributed by atoms with Gasteiger partial charge in [-0.2, -0.15) is 0 Å². The number of amides is 2. The van der Waals surface area contributed by atoms with Crippen LogP contribution < -0.4 is 15.8 Å². The van der Waals surface area contributed by atoms with Crippen LogP contribution in [0, 0.1) is 0 Å². The fourth-order valence-electron chi connectivity index (χ4n) is 6.35. The molecule has 256 valence electrons. The van der Waals surface area contributed by atoms with Gasteiger partial charge in [0.2, 0.25) is 11.8 Å². The molecule has 11 heteroatoms. The standard InChI is InChI=1S/C37H48N6O5/c1-37(2,3)48-36(45)41-30(18-25-9-11-26(12-10-25)27-13-14-33(38)39-22-27)20-35(44)42-15-6-8-28(24-42)31-19-29-23-40-34(47-5)21-32(29)43(31)16-7-17-46-4/h9-14,19,21-23,28,30H,6-8,15-18,20,24H2,1-5H3,(H2,38,39)(H,41,45). The number of anilines is 1. The molecular formula is C37H48N6O5. The Labute approximate surface area is 282 Å². The molecular weight excluding hydrogens is 608 g/mol. The van der Waals surface area contributed by atoms with Crippen LogP contribution in [0.1, 0.15) is 63.6 Å². The highest BCUT2D eigenvalue weighted by Crippen LogP contribution is 2.33. The topological polar surface area (TPSA) is 134 Å². The molecule has 4 heterocycles. The lowest BCUT2D eigenvalue weighted by molar-refractivity contribution is -0.132. The number of likely N-dealkylation sites (tertiary alicyclic amines) is 1. The molecule has 1 saturated heterocycles. The summed E-state index contributed by atoms with van der Waals surface area (Å²) in [4.78, 5) is 37.4. The van der Waals surface area contributed by atoms with Crippen LogP contribution in [0.15, 0.2) is 60.9 Å². The number of hydrogen-bond donors (Lipinski definition) is 2. The number of ether oxygens (including phenoxy) is 3. The molecule has 4 aromatic rings. The maximum atomic E-state index is 13.9. The number of methoxy groups -OCH3 is 2. The number of pyridine rings is 2. The number of carbonyl (C=O) groups is 2. The van der Waals surface area contributed by atoms with Crippen LogP contribution in [0.5, 0.6) is 5.88 Å². The number of nitrogens with two attached hydrogens (primary N) is 1. The van der Waals surface area contributed by atoms with Crippen LogP contribution in [0.4, 0.5) is 10.6 Å². The number of nitrogens with one attached hydrogen (secondary N) is 1. The molecule has 0 spiro atoms. The van der Waals surface area contributed by atoms with E-state index < -0.39 is 17.7 Å². The van der Waals surface area contributed by atoms with E-state index in [-0.39, 0.29) is 18.2 Å². The molecule has 0 radical (unpaired) electrons. The predicted molar refractivity (Wildman–Crippen MR) is 187 cm³/mol. The summed E-state index contributed by atoms with van der Waals surface area (Å²) in [6.45, 7) is 8.21. The Morgan fingerprint density at radius 2 is 1.81 bits per heavy atom. The van der Waals surface area contributed by atoms with E-state index in [4.69, 9.17) is 19.9 Å². The molecule has 1 aromatic carbocycles. The average Bonchev–Trinajstić information content (AvgIpc) is 3.42. The molecule has 0 saturated carbocycles. The summed E-state index contributed by atoms with van der Waals surface area (Å²) in [6.07, 6.45) is 6.43. The monoisotopic (exact) mass is 656 g/mol. The second-order valence-corrected chi connectivity index (χ2v) is 13.5. The Bertz CT molecular complexity index is 1680. The highest BCUT2D eigenvalue weighted by molar-refractivity contribution is 5.82. The number of nitrogen functional groups attached to an aromatic ring is 1. The molecule has 0 aliphatic carbocycles. The minimum Gasteiger partial charge on any atom is -0.481 e. The van der Waals surface area contributed by atoms with Gasteiger partial charge in [-0.05, 0) is 75.8 Å². The minimum absolute atomic E-state index is 0.00991. The third-order valence-electron chi connectivity index (χ3n) is 8.62. The highest BCUT2D eigenvalue weighted by atomic mass is 16.6. The number of aromatic nitrogens is 3. The molecule has 0 bridgehead atoms. The third kappa shape index (κ3) is 9.03. The molecule has 3 N–H and O–H groups in total. The van der Waals surface area contributed by atoms with Gasteiger partial charge >= 0.3 is 6.09 Å². The van der Waals surface area contributed by atoms with Crippen LogP contribution >= 0.6 is 0 Å². The first-order valence-corrected chi connectivity index (χ1v) is 16.6. The second kappa shape index (κ2) is 15.5. The number of benzene rings is 1. The molecule has 1 fully saturated rings. The summed E-state index contributed by atoms with van der Waals surface area (Å²) in [6, 6.07) is 15.5. The third-order valence-corrected chi connectivity index (χ3v) is 8.62. The molecule has 2 atom stereocenters. The van der Waals surface area contributed by atoms with Crippen molar-refractivity contribution in [1.29, 1.82) is 0 Å². The summed E-state index contributed by atoms with van der Waals surface area (Å²) in [5.74, 6) is 1.21. The number of alkyl carbamates (subject to hydrolysis) is 1. The number of hydrogen-bond acceptors (Lipinski definition) is 8. The van der Waals surface area contributed by atoms with E-state index in [2.05, 4.69) is 25.9 Å².